The third kappa shape index (κ3) is 2.40. The number of esters is 1. The van der Waals surface area contributed by atoms with Gasteiger partial charge in [-0.15, -0.1) is 0 Å². The number of fused-ring (bicyclic) bond motifs is 1. The number of hydrogen-bond donors (Lipinski definition) is 1. The molecule has 0 saturated carbocycles. The number of halogens is 2. The largest absolute Gasteiger partial charge is 0.480 e. The Morgan fingerprint density at radius 3 is 2.60 bits per heavy atom. The Hall–Kier alpha value is -1.56. The molecule has 0 bridgehead atoms. The molecule has 0 spiro atoms. The maximum absolute atomic E-state index is 11.7. The molecule has 1 heterocycles. The van der Waals surface area contributed by atoms with Crippen LogP contribution in [0.15, 0.2) is 12.1 Å². The molecule has 0 radical (unpaired) electrons. The minimum absolute atomic E-state index is 0.150. The maximum atomic E-state index is 11.7. The summed E-state index contributed by atoms with van der Waals surface area (Å²) in [6.45, 7) is 0.170. The number of hydrogen-bond acceptors (Lipinski definition) is 5. The van der Waals surface area contributed by atoms with Gasteiger partial charge >= 0.3 is 5.97 Å². The number of ether oxygens (including phenoxy) is 2. The third-order valence-electron chi connectivity index (χ3n) is 2.86. The summed E-state index contributed by atoms with van der Waals surface area (Å²) < 4.78 is 9.81. The van der Waals surface area contributed by atoms with Gasteiger partial charge in [-0.05, 0) is 12.1 Å². The zero-order valence-corrected chi connectivity index (χ0v) is 12.4. The molecule has 0 saturated heterocycles. The highest BCUT2D eigenvalue weighted by molar-refractivity contribution is 6.43. The number of carbonyl (C=O) groups excluding carboxylic acids is 1. The number of nitrogens with zero attached hydrogens (tertiary/aromatic N) is 1. The molecule has 20 heavy (non-hydrogen) atoms. The highest BCUT2D eigenvalue weighted by atomic mass is 35.5. The normalized spacial score (nSPS) is 10.7. The number of carbonyl (C=O) groups is 1. The van der Waals surface area contributed by atoms with Crippen molar-refractivity contribution in [2.75, 3.05) is 14.2 Å². The summed E-state index contributed by atoms with van der Waals surface area (Å²) in [5.41, 5.74) is 7.05. The molecule has 0 aliphatic carbocycles. The molecular formula is C13H12Cl2N2O3. The number of methoxy groups -OCH3 is 2. The first-order valence-electron chi connectivity index (χ1n) is 5.67. The van der Waals surface area contributed by atoms with Crippen LogP contribution in [0.1, 0.15) is 15.9 Å². The predicted molar refractivity (Wildman–Crippen MR) is 77.5 cm³/mol. The Morgan fingerprint density at radius 2 is 2.05 bits per heavy atom. The molecule has 5 nitrogen and oxygen atoms in total. The van der Waals surface area contributed by atoms with Crippen molar-refractivity contribution in [1.29, 1.82) is 0 Å². The van der Waals surface area contributed by atoms with E-state index in [9.17, 15) is 4.79 Å². The summed E-state index contributed by atoms with van der Waals surface area (Å²) in [5.74, 6) is -0.394. The topological polar surface area (TPSA) is 74.4 Å². The third-order valence-corrected chi connectivity index (χ3v) is 3.69. The number of benzene rings is 1. The van der Waals surface area contributed by atoms with Gasteiger partial charge in [0.2, 0.25) is 5.88 Å². The number of pyridine rings is 1. The highest BCUT2D eigenvalue weighted by Crippen LogP contribution is 2.34. The van der Waals surface area contributed by atoms with Crippen LogP contribution in [-0.4, -0.2) is 25.2 Å². The maximum Gasteiger partial charge on any atom is 0.343 e. The van der Waals surface area contributed by atoms with E-state index in [1.165, 1.54) is 14.2 Å². The van der Waals surface area contributed by atoms with E-state index in [1.54, 1.807) is 12.1 Å². The zero-order chi connectivity index (χ0) is 14.9. The van der Waals surface area contributed by atoms with Crippen molar-refractivity contribution in [2.24, 2.45) is 5.73 Å². The van der Waals surface area contributed by atoms with Crippen LogP contribution in [-0.2, 0) is 11.3 Å². The van der Waals surface area contributed by atoms with Gasteiger partial charge in [-0.2, -0.15) is 0 Å². The monoisotopic (exact) mass is 314 g/mol. The lowest BCUT2D eigenvalue weighted by Gasteiger charge is -2.12. The van der Waals surface area contributed by atoms with Gasteiger partial charge in [0.15, 0.2) is 0 Å². The highest BCUT2D eigenvalue weighted by Gasteiger charge is 2.19. The second kappa shape index (κ2) is 5.83. The molecule has 106 valence electrons. The first-order valence-corrected chi connectivity index (χ1v) is 6.43. The van der Waals surface area contributed by atoms with E-state index in [-0.39, 0.29) is 18.0 Å². The Balaban J connectivity index is 2.83. The van der Waals surface area contributed by atoms with E-state index in [2.05, 4.69) is 4.98 Å². The molecule has 0 amide bonds. The minimum atomic E-state index is -0.545. The molecule has 7 heteroatoms. The average Bonchev–Trinajstić information content (AvgIpc) is 2.46. The first-order chi connectivity index (χ1) is 9.53. The zero-order valence-electron chi connectivity index (χ0n) is 10.9. The van der Waals surface area contributed by atoms with E-state index < -0.39 is 5.97 Å². The van der Waals surface area contributed by atoms with Crippen molar-refractivity contribution in [2.45, 2.75) is 6.54 Å². The van der Waals surface area contributed by atoms with Crippen LogP contribution in [0.3, 0.4) is 0 Å². The molecule has 0 atom stereocenters. The van der Waals surface area contributed by atoms with Gasteiger partial charge in [0.1, 0.15) is 5.56 Å². The van der Waals surface area contributed by atoms with Crippen molar-refractivity contribution in [3.8, 4) is 5.88 Å². The van der Waals surface area contributed by atoms with Gasteiger partial charge in [0.05, 0.1) is 29.8 Å². The van der Waals surface area contributed by atoms with Crippen LogP contribution < -0.4 is 10.5 Å². The van der Waals surface area contributed by atoms with E-state index >= 15 is 0 Å². The summed E-state index contributed by atoms with van der Waals surface area (Å²) in [4.78, 5) is 16.0. The first kappa shape index (κ1) is 14.8. The molecule has 2 aromatic rings. The second-order valence-electron chi connectivity index (χ2n) is 3.96. The SMILES string of the molecule is COC(=O)c1cc2cc(Cl)c(Cl)c(CN)c2nc1OC. The molecule has 2 rings (SSSR count). The molecule has 1 aromatic heterocycles. The molecule has 0 fully saturated rings. The van der Waals surface area contributed by atoms with E-state index in [0.29, 0.717) is 26.5 Å². The fourth-order valence-corrected chi connectivity index (χ4v) is 2.36. The van der Waals surface area contributed by atoms with Gasteiger partial charge in [-0.25, -0.2) is 9.78 Å². The van der Waals surface area contributed by atoms with Crippen LogP contribution in [0.25, 0.3) is 10.9 Å². The number of rotatable bonds is 3. The van der Waals surface area contributed by atoms with Crippen LogP contribution in [0, 0.1) is 0 Å². The lowest BCUT2D eigenvalue weighted by atomic mass is 10.1. The van der Waals surface area contributed by atoms with Gasteiger partial charge in [0, 0.05) is 17.5 Å². The van der Waals surface area contributed by atoms with E-state index in [1.807, 2.05) is 0 Å². The van der Waals surface area contributed by atoms with Gasteiger partial charge in [-0.1, -0.05) is 23.2 Å². The van der Waals surface area contributed by atoms with Gasteiger partial charge in [0.25, 0.3) is 0 Å². The summed E-state index contributed by atoms with van der Waals surface area (Å²) in [6, 6.07) is 3.21. The molecule has 2 N–H and O–H groups in total. The number of aromatic nitrogens is 1. The summed E-state index contributed by atoms with van der Waals surface area (Å²) in [6.07, 6.45) is 0. The molecular weight excluding hydrogens is 303 g/mol. The molecule has 0 aliphatic rings. The van der Waals surface area contributed by atoms with Crippen LogP contribution in [0.5, 0.6) is 5.88 Å². The van der Waals surface area contributed by atoms with Gasteiger partial charge < -0.3 is 15.2 Å². The number of nitrogens with two attached hydrogens (primary N) is 1. The standard InChI is InChI=1S/C13H12Cl2N2O3/c1-19-12-7(13(18)20-2)3-6-4-9(14)10(15)8(5-16)11(6)17-12/h3-4H,5,16H2,1-2H3. The van der Waals surface area contributed by atoms with E-state index in [4.69, 9.17) is 38.4 Å². The summed E-state index contributed by atoms with van der Waals surface area (Å²) in [7, 11) is 2.70. The second-order valence-corrected chi connectivity index (χ2v) is 4.75. The summed E-state index contributed by atoms with van der Waals surface area (Å²) in [5, 5.41) is 1.34. The Kier molecular flexibility index (Phi) is 4.32. The molecule has 1 aromatic carbocycles. The molecule has 0 unspecified atom stereocenters. The average molecular weight is 315 g/mol. The van der Waals surface area contributed by atoms with Crippen molar-refractivity contribution < 1.29 is 14.3 Å². The fourth-order valence-electron chi connectivity index (χ4n) is 1.91. The Bertz CT molecular complexity index is 689. The van der Waals surface area contributed by atoms with Gasteiger partial charge in [-0.3, -0.25) is 0 Å². The van der Waals surface area contributed by atoms with Crippen molar-refractivity contribution in [3.05, 3.63) is 33.3 Å². The lowest BCUT2D eigenvalue weighted by molar-refractivity contribution is 0.0596. The quantitative estimate of drug-likeness (QED) is 0.882. The van der Waals surface area contributed by atoms with Crippen LogP contribution in [0.2, 0.25) is 10.0 Å². The minimum Gasteiger partial charge on any atom is -0.480 e. The Morgan fingerprint density at radius 1 is 1.35 bits per heavy atom. The van der Waals surface area contributed by atoms with Crippen LogP contribution in [0.4, 0.5) is 0 Å². The lowest BCUT2D eigenvalue weighted by Crippen LogP contribution is -2.07. The Labute approximate surface area is 125 Å². The van der Waals surface area contributed by atoms with E-state index in [0.717, 1.165) is 0 Å². The smallest absolute Gasteiger partial charge is 0.343 e. The van der Waals surface area contributed by atoms with Crippen molar-refractivity contribution in [3.63, 3.8) is 0 Å². The van der Waals surface area contributed by atoms with Crippen LogP contribution >= 0.6 is 23.2 Å². The predicted octanol–water partition coefficient (Wildman–Crippen LogP) is 2.80. The molecule has 0 aliphatic heterocycles. The fraction of sp³-hybridized carbons (Fsp3) is 0.231. The summed E-state index contributed by atoms with van der Waals surface area (Å²) >= 11 is 12.2. The van der Waals surface area contributed by atoms with Crippen molar-refractivity contribution in [1.82, 2.24) is 4.98 Å². The van der Waals surface area contributed by atoms with Crippen molar-refractivity contribution >= 4 is 40.1 Å².